The highest BCUT2D eigenvalue weighted by Gasteiger charge is 2.46. The van der Waals surface area contributed by atoms with Crippen LogP contribution in [0.15, 0.2) is 81.4 Å². The Labute approximate surface area is 180 Å². The lowest BCUT2D eigenvalue weighted by Crippen LogP contribution is -2.29. The molecule has 1 aliphatic rings. The average molecular weight is 473 g/mol. The second-order valence-corrected chi connectivity index (χ2v) is 7.92. The Kier molecular flexibility index (Phi) is 5.30. The van der Waals surface area contributed by atoms with Gasteiger partial charge in [-0.15, -0.1) is 0 Å². The highest BCUT2D eigenvalue weighted by Crippen LogP contribution is 2.40. The van der Waals surface area contributed by atoms with Crippen LogP contribution in [0.3, 0.4) is 0 Å². The van der Waals surface area contributed by atoms with Crippen LogP contribution in [0.4, 0.5) is 0 Å². The van der Waals surface area contributed by atoms with E-state index in [0.717, 1.165) is 4.47 Å². The van der Waals surface area contributed by atoms with E-state index < -0.39 is 17.7 Å². The third kappa shape index (κ3) is 3.73. The van der Waals surface area contributed by atoms with Crippen LogP contribution in [0.1, 0.15) is 22.9 Å². The number of ketones is 1. The fourth-order valence-electron chi connectivity index (χ4n) is 3.37. The van der Waals surface area contributed by atoms with E-state index in [1.165, 1.54) is 11.2 Å². The van der Waals surface area contributed by atoms with E-state index in [2.05, 4.69) is 15.9 Å². The summed E-state index contributed by atoms with van der Waals surface area (Å²) in [5.41, 5.74) is 1.15. The van der Waals surface area contributed by atoms with Crippen molar-refractivity contribution in [3.63, 3.8) is 0 Å². The Morgan fingerprint density at radius 2 is 1.76 bits per heavy atom. The number of carbonyl (C=O) groups is 2. The molecule has 4 rings (SSSR count). The zero-order valence-corrected chi connectivity index (χ0v) is 17.4. The summed E-state index contributed by atoms with van der Waals surface area (Å²) in [6.07, 6.45) is 1.51. The van der Waals surface area contributed by atoms with Crippen molar-refractivity contribution in [3.05, 3.63) is 98.9 Å². The third-order valence-corrected chi connectivity index (χ3v) is 5.53. The molecular weight excluding hydrogens is 458 g/mol. The quantitative estimate of drug-likeness (QED) is 0.317. The van der Waals surface area contributed by atoms with Gasteiger partial charge in [0.05, 0.1) is 24.4 Å². The highest BCUT2D eigenvalue weighted by molar-refractivity contribution is 9.10. The number of likely N-dealkylation sites (tertiary alicyclic amines) is 1. The first-order valence-corrected chi connectivity index (χ1v) is 9.95. The molecule has 1 amide bonds. The predicted octanol–water partition coefficient (Wildman–Crippen LogP) is 5.32. The smallest absolute Gasteiger partial charge is 0.296 e. The first-order chi connectivity index (χ1) is 14.0. The molecule has 2 heterocycles. The number of aliphatic hydroxyl groups is 1. The van der Waals surface area contributed by atoms with Crippen LogP contribution in [-0.4, -0.2) is 21.7 Å². The maximum absolute atomic E-state index is 12.9. The molecule has 29 heavy (non-hydrogen) atoms. The van der Waals surface area contributed by atoms with Crippen molar-refractivity contribution in [2.24, 2.45) is 0 Å². The zero-order valence-electron chi connectivity index (χ0n) is 15.0. The summed E-state index contributed by atoms with van der Waals surface area (Å²) in [6.45, 7) is 0.0992. The Bertz CT molecular complexity index is 1090. The highest BCUT2D eigenvalue weighted by atomic mass is 79.9. The number of hydrogen-bond donors (Lipinski definition) is 1. The summed E-state index contributed by atoms with van der Waals surface area (Å²) in [6, 6.07) is 16.4. The predicted molar refractivity (Wildman–Crippen MR) is 112 cm³/mol. The Hall–Kier alpha value is -2.83. The lowest BCUT2D eigenvalue weighted by molar-refractivity contribution is -0.140. The van der Waals surface area contributed by atoms with Crippen molar-refractivity contribution in [2.75, 3.05) is 0 Å². The van der Waals surface area contributed by atoms with E-state index >= 15 is 0 Å². The Morgan fingerprint density at radius 1 is 1.07 bits per heavy atom. The number of amides is 1. The first-order valence-electron chi connectivity index (χ1n) is 8.78. The van der Waals surface area contributed by atoms with Crippen molar-refractivity contribution >= 4 is 45.0 Å². The number of nitrogens with zero attached hydrogens (tertiary/aromatic N) is 1. The molecule has 146 valence electrons. The van der Waals surface area contributed by atoms with Crippen molar-refractivity contribution in [3.8, 4) is 0 Å². The van der Waals surface area contributed by atoms with Gasteiger partial charge in [-0.2, -0.15) is 0 Å². The van der Waals surface area contributed by atoms with Crippen LogP contribution in [0.5, 0.6) is 0 Å². The molecule has 0 spiro atoms. The third-order valence-electron chi connectivity index (χ3n) is 4.75. The summed E-state index contributed by atoms with van der Waals surface area (Å²) >= 11 is 9.36. The van der Waals surface area contributed by atoms with Crippen LogP contribution in [0, 0.1) is 0 Å². The number of rotatable bonds is 4. The summed E-state index contributed by atoms with van der Waals surface area (Å²) in [5, 5.41) is 11.5. The SMILES string of the molecule is O=C1C(=O)N(Cc2ccco2)[C@@H](c2ccc(Cl)cc2)C1=C(O)c1ccc(Br)cc1. The number of hydrogen-bond acceptors (Lipinski definition) is 4. The second-order valence-electron chi connectivity index (χ2n) is 6.56. The number of halogens is 2. The van der Waals surface area contributed by atoms with Gasteiger partial charge in [0.25, 0.3) is 11.7 Å². The number of Topliss-reactive ketones (excluding diaryl/α,β-unsaturated/α-hetero) is 1. The zero-order chi connectivity index (χ0) is 20.5. The fourth-order valence-corrected chi connectivity index (χ4v) is 3.76. The van der Waals surface area contributed by atoms with Gasteiger partial charge in [0.1, 0.15) is 11.5 Å². The molecule has 1 fully saturated rings. The lowest BCUT2D eigenvalue weighted by Gasteiger charge is -2.24. The van der Waals surface area contributed by atoms with E-state index in [9.17, 15) is 14.7 Å². The van der Waals surface area contributed by atoms with Gasteiger partial charge in [-0.1, -0.05) is 51.8 Å². The Morgan fingerprint density at radius 3 is 2.38 bits per heavy atom. The van der Waals surface area contributed by atoms with Crippen molar-refractivity contribution in [1.82, 2.24) is 4.90 Å². The van der Waals surface area contributed by atoms with Crippen molar-refractivity contribution in [1.29, 1.82) is 0 Å². The number of benzene rings is 2. The van der Waals surface area contributed by atoms with Gasteiger partial charge in [-0.05, 0) is 42.0 Å². The first kappa shape index (κ1) is 19.5. The molecule has 7 heteroatoms. The van der Waals surface area contributed by atoms with Crippen LogP contribution in [0.2, 0.25) is 5.02 Å². The van der Waals surface area contributed by atoms with Gasteiger partial charge in [0.2, 0.25) is 0 Å². The molecule has 0 unspecified atom stereocenters. The van der Waals surface area contributed by atoms with Gasteiger partial charge in [0.15, 0.2) is 0 Å². The van der Waals surface area contributed by atoms with E-state index in [-0.39, 0.29) is 17.9 Å². The number of furan rings is 1. The number of aliphatic hydroxyl groups excluding tert-OH is 1. The second kappa shape index (κ2) is 7.89. The minimum Gasteiger partial charge on any atom is -0.507 e. The molecule has 0 saturated carbocycles. The van der Waals surface area contributed by atoms with Gasteiger partial charge in [0, 0.05) is 15.1 Å². The molecule has 3 aromatic rings. The molecule has 1 aliphatic heterocycles. The van der Waals surface area contributed by atoms with E-state index in [1.54, 1.807) is 60.7 Å². The van der Waals surface area contributed by atoms with Crippen molar-refractivity contribution < 1.29 is 19.1 Å². The van der Waals surface area contributed by atoms with E-state index in [0.29, 0.717) is 21.9 Å². The van der Waals surface area contributed by atoms with Gasteiger partial charge in [-0.25, -0.2) is 0 Å². The Balaban J connectivity index is 1.86. The monoisotopic (exact) mass is 471 g/mol. The average Bonchev–Trinajstić information content (AvgIpc) is 3.31. The molecule has 0 aliphatic carbocycles. The fraction of sp³-hybridized carbons (Fsp3) is 0.0909. The van der Waals surface area contributed by atoms with Gasteiger partial charge >= 0.3 is 0 Å². The molecule has 1 aromatic heterocycles. The standard InChI is InChI=1S/C22H15BrClNO4/c23-15-7-3-14(4-8-15)20(26)18-19(13-5-9-16(24)10-6-13)25(22(28)21(18)27)12-17-2-1-11-29-17/h1-11,19,26H,12H2/t19-/m0/s1. The number of carbonyl (C=O) groups excluding carboxylic acids is 2. The molecule has 5 nitrogen and oxygen atoms in total. The molecule has 0 bridgehead atoms. The summed E-state index contributed by atoms with van der Waals surface area (Å²) < 4.78 is 6.20. The largest absolute Gasteiger partial charge is 0.507 e. The maximum atomic E-state index is 12.9. The van der Waals surface area contributed by atoms with Crippen LogP contribution < -0.4 is 0 Å². The molecule has 1 atom stereocenters. The molecular formula is C22H15BrClNO4. The topological polar surface area (TPSA) is 70.8 Å². The molecule has 0 radical (unpaired) electrons. The minimum absolute atomic E-state index is 0.0335. The molecule has 1 saturated heterocycles. The minimum atomic E-state index is -0.763. The van der Waals surface area contributed by atoms with Crippen LogP contribution >= 0.6 is 27.5 Å². The van der Waals surface area contributed by atoms with E-state index in [4.69, 9.17) is 16.0 Å². The van der Waals surface area contributed by atoms with Gasteiger partial charge < -0.3 is 14.4 Å². The van der Waals surface area contributed by atoms with Crippen LogP contribution in [0.25, 0.3) is 5.76 Å². The summed E-state index contributed by atoms with van der Waals surface area (Å²) in [4.78, 5) is 27.1. The molecule has 2 aromatic carbocycles. The van der Waals surface area contributed by atoms with Crippen LogP contribution in [-0.2, 0) is 16.1 Å². The maximum Gasteiger partial charge on any atom is 0.296 e. The van der Waals surface area contributed by atoms with Crippen molar-refractivity contribution in [2.45, 2.75) is 12.6 Å². The van der Waals surface area contributed by atoms with E-state index in [1.807, 2.05) is 0 Å². The van der Waals surface area contributed by atoms with Gasteiger partial charge in [-0.3, -0.25) is 9.59 Å². The normalized spacial score (nSPS) is 18.4. The summed E-state index contributed by atoms with van der Waals surface area (Å²) in [7, 11) is 0. The molecule has 1 N–H and O–H groups in total. The summed E-state index contributed by atoms with van der Waals surface area (Å²) in [5.74, 6) is -1.12. The lowest BCUT2D eigenvalue weighted by atomic mass is 9.95.